The molecule has 1 aromatic carbocycles. The van der Waals surface area contributed by atoms with Crippen molar-refractivity contribution in [1.29, 1.82) is 0 Å². The number of benzene rings is 1. The SMILES string of the molecule is C=C1CCC[C@]2(C)C[C@H]3OC(=O)[C@@H](CN[C@@H](Cc4ccccc4)[C@@H]4CCOC(C)(C)C4)[C@H]3C[C@@H]12. The van der Waals surface area contributed by atoms with E-state index >= 15 is 0 Å². The van der Waals surface area contributed by atoms with Gasteiger partial charge >= 0.3 is 5.97 Å². The van der Waals surface area contributed by atoms with E-state index in [1.165, 1.54) is 24.0 Å². The molecule has 0 spiro atoms. The monoisotopic (exact) mass is 465 g/mol. The van der Waals surface area contributed by atoms with Gasteiger partial charge in [0.05, 0.1) is 11.5 Å². The van der Waals surface area contributed by atoms with Crippen LogP contribution in [0.3, 0.4) is 0 Å². The predicted molar refractivity (Wildman–Crippen MR) is 135 cm³/mol. The average Bonchev–Trinajstić information content (AvgIpc) is 3.08. The second-order valence-corrected chi connectivity index (χ2v) is 12.5. The van der Waals surface area contributed by atoms with Gasteiger partial charge in [0, 0.05) is 25.1 Å². The maximum Gasteiger partial charge on any atom is 0.310 e. The van der Waals surface area contributed by atoms with Crippen molar-refractivity contribution >= 4 is 5.97 Å². The normalized spacial score (nSPS) is 38.0. The van der Waals surface area contributed by atoms with Crippen molar-refractivity contribution in [2.75, 3.05) is 13.2 Å². The van der Waals surface area contributed by atoms with Gasteiger partial charge in [-0.1, -0.05) is 49.4 Å². The summed E-state index contributed by atoms with van der Waals surface area (Å²) in [5.41, 5.74) is 2.92. The molecule has 7 atom stereocenters. The largest absolute Gasteiger partial charge is 0.462 e. The number of nitrogens with one attached hydrogen (secondary N) is 1. The van der Waals surface area contributed by atoms with Gasteiger partial charge in [-0.25, -0.2) is 0 Å². The molecule has 2 aliphatic carbocycles. The highest BCUT2D eigenvalue weighted by atomic mass is 16.6. The third kappa shape index (κ3) is 4.86. The van der Waals surface area contributed by atoms with Crippen molar-refractivity contribution in [2.45, 2.75) is 89.9 Å². The summed E-state index contributed by atoms with van der Waals surface area (Å²) in [5.74, 6) is 1.36. The Morgan fingerprint density at radius 1 is 1.18 bits per heavy atom. The number of allylic oxidation sites excluding steroid dienone is 1. The van der Waals surface area contributed by atoms with E-state index in [2.05, 4.69) is 63.0 Å². The van der Waals surface area contributed by atoms with Gasteiger partial charge in [-0.15, -0.1) is 0 Å². The molecule has 4 fully saturated rings. The number of ether oxygens (including phenoxy) is 2. The first-order valence-corrected chi connectivity index (χ1v) is 13.5. The number of rotatable bonds is 6. The molecule has 2 heterocycles. The fourth-order valence-corrected chi connectivity index (χ4v) is 7.66. The summed E-state index contributed by atoms with van der Waals surface area (Å²) in [6.45, 7) is 12.8. The minimum Gasteiger partial charge on any atom is -0.462 e. The minimum absolute atomic E-state index is 0.0149. The molecule has 5 rings (SSSR count). The van der Waals surface area contributed by atoms with E-state index in [9.17, 15) is 4.79 Å². The molecule has 1 N–H and O–H groups in total. The lowest BCUT2D eigenvalue weighted by Crippen LogP contribution is -2.49. The lowest BCUT2D eigenvalue weighted by Gasteiger charge is -2.50. The first-order valence-electron chi connectivity index (χ1n) is 13.5. The molecule has 34 heavy (non-hydrogen) atoms. The molecule has 0 bridgehead atoms. The second-order valence-electron chi connectivity index (χ2n) is 12.5. The van der Waals surface area contributed by atoms with Crippen LogP contribution in [0.25, 0.3) is 0 Å². The van der Waals surface area contributed by atoms with Crippen molar-refractivity contribution in [3.05, 3.63) is 48.0 Å². The first kappa shape index (κ1) is 24.1. The van der Waals surface area contributed by atoms with E-state index in [0.717, 1.165) is 45.1 Å². The molecule has 4 heteroatoms. The minimum atomic E-state index is -0.0912. The standard InChI is InChI=1S/C30H43NO3/c1-20-9-8-13-30(4)18-27-23(16-25(20)30)24(28(32)34-27)19-31-26(15-21-10-6-5-7-11-21)22-12-14-33-29(2,3)17-22/h5-7,10-11,22-27,31H,1,8-9,12-19H2,2-4H3/t22-,23-,24+,25+,26+,27-,30-/m1/s1. The van der Waals surface area contributed by atoms with Crippen LogP contribution in [0.1, 0.15) is 71.3 Å². The molecule has 0 radical (unpaired) electrons. The van der Waals surface area contributed by atoms with E-state index in [4.69, 9.17) is 9.47 Å². The maximum absolute atomic E-state index is 13.1. The molecule has 2 saturated heterocycles. The van der Waals surface area contributed by atoms with Gasteiger partial charge in [0.15, 0.2) is 0 Å². The number of hydrogen-bond acceptors (Lipinski definition) is 4. The molecule has 1 aromatic rings. The Kier molecular flexibility index (Phi) is 6.67. The zero-order valence-electron chi connectivity index (χ0n) is 21.4. The van der Waals surface area contributed by atoms with Gasteiger partial charge in [-0.3, -0.25) is 4.79 Å². The van der Waals surface area contributed by atoms with Gasteiger partial charge in [0.1, 0.15) is 6.10 Å². The molecule has 2 aliphatic heterocycles. The van der Waals surface area contributed by atoms with Gasteiger partial charge < -0.3 is 14.8 Å². The molecule has 4 aliphatic rings. The first-order chi connectivity index (χ1) is 16.2. The van der Waals surface area contributed by atoms with Crippen LogP contribution < -0.4 is 5.32 Å². The van der Waals surface area contributed by atoms with Gasteiger partial charge in [0.25, 0.3) is 0 Å². The van der Waals surface area contributed by atoms with Crippen LogP contribution in [0.4, 0.5) is 0 Å². The quantitative estimate of drug-likeness (QED) is 0.432. The lowest BCUT2D eigenvalue weighted by molar-refractivity contribution is -0.146. The number of esters is 1. The highest BCUT2D eigenvalue weighted by Crippen LogP contribution is 2.56. The smallest absolute Gasteiger partial charge is 0.310 e. The van der Waals surface area contributed by atoms with E-state index in [0.29, 0.717) is 30.3 Å². The third-order valence-corrected chi connectivity index (χ3v) is 9.52. The molecule has 0 aromatic heterocycles. The van der Waals surface area contributed by atoms with E-state index in [1.54, 1.807) is 0 Å². The highest BCUT2D eigenvalue weighted by Gasteiger charge is 2.55. The zero-order valence-corrected chi connectivity index (χ0v) is 21.4. The topological polar surface area (TPSA) is 47.6 Å². The summed E-state index contributed by atoms with van der Waals surface area (Å²) >= 11 is 0. The van der Waals surface area contributed by atoms with Gasteiger partial charge in [0.2, 0.25) is 0 Å². The summed E-state index contributed by atoms with van der Waals surface area (Å²) in [4.78, 5) is 13.1. The van der Waals surface area contributed by atoms with Crippen LogP contribution in [0, 0.1) is 29.1 Å². The Bertz CT molecular complexity index is 896. The molecular formula is C30H43NO3. The van der Waals surface area contributed by atoms with Crippen LogP contribution in [-0.2, 0) is 20.7 Å². The fourth-order valence-electron chi connectivity index (χ4n) is 7.66. The van der Waals surface area contributed by atoms with Crippen molar-refractivity contribution in [3.8, 4) is 0 Å². The van der Waals surface area contributed by atoms with Crippen molar-refractivity contribution < 1.29 is 14.3 Å². The number of carbonyl (C=O) groups is 1. The van der Waals surface area contributed by atoms with Crippen LogP contribution >= 0.6 is 0 Å². The van der Waals surface area contributed by atoms with E-state index in [-0.39, 0.29) is 29.0 Å². The number of hydrogen-bond donors (Lipinski definition) is 1. The van der Waals surface area contributed by atoms with Gasteiger partial charge in [-0.2, -0.15) is 0 Å². The summed E-state index contributed by atoms with van der Waals surface area (Å²) in [7, 11) is 0. The van der Waals surface area contributed by atoms with Crippen molar-refractivity contribution in [2.24, 2.45) is 29.1 Å². The Morgan fingerprint density at radius 3 is 2.74 bits per heavy atom. The molecular weight excluding hydrogens is 422 g/mol. The highest BCUT2D eigenvalue weighted by molar-refractivity contribution is 5.75. The summed E-state index contributed by atoms with van der Waals surface area (Å²) in [6, 6.07) is 11.1. The van der Waals surface area contributed by atoms with Crippen LogP contribution in [0.2, 0.25) is 0 Å². The fraction of sp³-hybridized carbons (Fsp3) is 0.700. The van der Waals surface area contributed by atoms with Crippen LogP contribution in [0.5, 0.6) is 0 Å². The lowest BCUT2D eigenvalue weighted by atomic mass is 9.55. The molecule has 2 saturated carbocycles. The molecule has 0 amide bonds. The molecule has 0 unspecified atom stereocenters. The summed E-state index contributed by atoms with van der Waals surface area (Å²) in [6.07, 6.45) is 8.85. The Balaban J connectivity index is 1.30. The zero-order chi connectivity index (χ0) is 23.9. The number of carbonyl (C=O) groups excluding carboxylic acids is 1. The number of fused-ring (bicyclic) bond motifs is 2. The Morgan fingerprint density at radius 2 is 1.97 bits per heavy atom. The average molecular weight is 466 g/mol. The maximum atomic E-state index is 13.1. The van der Waals surface area contributed by atoms with Crippen LogP contribution in [-0.4, -0.2) is 36.9 Å². The van der Waals surface area contributed by atoms with Crippen LogP contribution in [0.15, 0.2) is 42.5 Å². The van der Waals surface area contributed by atoms with Crippen molar-refractivity contribution in [1.82, 2.24) is 5.32 Å². The second kappa shape index (κ2) is 9.43. The van der Waals surface area contributed by atoms with E-state index in [1.807, 2.05) is 0 Å². The Hall–Kier alpha value is -1.65. The summed E-state index contributed by atoms with van der Waals surface area (Å²) < 4.78 is 12.0. The van der Waals surface area contributed by atoms with Gasteiger partial charge in [-0.05, 0) is 88.0 Å². The Labute approximate surface area is 205 Å². The molecule has 4 nitrogen and oxygen atoms in total. The van der Waals surface area contributed by atoms with E-state index < -0.39 is 0 Å². The van der Waals surface area contributed by atoms with Crippen molar-refractivity contribution in [3.63, 3.8) is 0 Å². The third-order valence-electron chi connectivity index (χ3n) is 9.52. The predicted octanol–water partition coefficient (Wildman–Crippen LogP) is 5.71. The molecule has 186 valence electrons. The summed E-state index contributed by atoms with van der Waals surface area (Å²) in [5, 5.41) is 3.90.